The van der Waals surface area contributed by atoms with Crippen LogP contribution >= 0.6 is 0 Å². The van der Waals surface area contributed by atoms with E-state index < -0.39 is 11.7 Å². The van der Waals surface area contributed by atoms with Crippen molar-refractivity contribution in [1.82, 2.24) is 0 Å². The van der Waals surface area contributed by atoms with E-state index in [2.05, 4.69) is 5.32 Å². The molecule has 0 unspecified atom stereocenters. The zero-order valence-corrected chi connectivity index (χ0v) is 12.5. The summed E-state index contributed by atoms with van der Waals surface area (Å²) in [5, 5.41) is 2.56. The second kappa shape index (κ2) is 6.43. The normalized spacial score (nSPS) is 13.5. The largest absolute Gasteiger partial charge is 0.486 e. The summed E-state index contributed by atoms with van der Waals surface area (Å²) < 4.78 is 49.5. The second-order valence-corrected chi connectivity index (χ2v) is 5.18. The molecule has 0 bridgehead atoms. The summed E-state index contributed by atoms with van der Waals surface area (Å²) in [6.07, 6.45) is -4.48. The molecule has 0 atom stereocenters. The number of hydrogen-bond donors (Lipinski definition) is 1. The summed E-state index contributed by atoms with van der Waals surface area (Å²) in [7, 11) is 0. The Balaban J connectivity index is 1.73. The molecule has 7 heteroatoms. The first-order chi connectivity index (χ1) is 11.4. The van der Waals surface area contributed by atoms with Crippen molar-refractivity contribution in [3.8, 4) is 11.5 Å². The van der Waals surface area contributed by atoms with E-state index in [9.17, 15) is 18.0 Å². The fourth-order valence-electron chi connectivity index (χ4n) is 2.38. The van der Waals surface area contributed by atoms with Gasteiger partial charge in [0.05, 0.1) is 12.1 Å². The number of para-hydroxylation sites is 1. The van der Waals surface area contributed by atoms with E-state index in [-0.39, 0.29) is 18.0 Å². The third-order valence-electron chi connectivity index (χ3n) is 3.54. The molecule has 0 saturated carbocycles. The Morgan fingerprint density at radius 1 is 1.04 bits per heavy atom. The van der Waals surface area contributed by atoms with Gasteiger partial charge in [0.1, 0.15) is 13.2 Å². The number of ether oxygens (including phenoxy) is 2. The third-order valence-corrected chi connectivity index (χ3v) is 3.54. The van der Waals surface area contributed by atoms with Gasteiger partial charge in [-0.05, 0) is 30.3 Å². The lowest BCUT2D eigenvalue weighted by Gasteiger charge is -2.19. The minimum absolute atomic E-state index is 0.129. The van der Waals surface area contributed by atoms with Crippen LogP contribution in [0.4, 0.5) is 18.9 Å². The Kier molecular flexibility index (Phi) is 4.33. The number of carbonyl (C=O) groups is 1. The van der Waals surface area contributed by atoms with Crippen LogP contribution < -0.4 is 14.8 Å². The molecular weight excluding hydrogens is 323 g/mol. The fraction of sp³-hybridized carbons (Fsp3) is 0.235. The van der Waals surface area contributed by atoms with Crippen LogP contribution in [0.25, 0.3) is 0 Å². The highest BCUT2D eigenvalue weighted by atomic mass is 19.4. The Morgan fingerprint density at radius 2 is 1.75 bits per heavy atom. The average molecular weight is 337 g/mol. The molecule has 0 spiro atoms. The zero-order chi connectivity index (χ0) is 17.2. The summed E-state index contributed by atoms with van der Waals surface area (Å²) in [6, 6.07) is 9.76. The van der Waals surface area contributed by atoms with Gasteiger partial charge >= 0.3 is 6.18 Å². The summed E-state index contributed by atoms with van der Waals surface area (Å²) in [5.74, 6) is 0.667. The molecule has 0 amide bonds. The van der Waals surface area contributed by atoms with Gasteiger partial charge in [-0.2, -0.15) is 13.2 Å². The van der Waals surface area contributed by atoms with Crippen LogP contribution in [0.5, 0.6) is 11.5 Å². The maximum atomic E-state index is 12.9. The summed E-state index contributed by atoms with van der Waals surface area (Å²) in [6.45, 7) is 0.574. The first kappa shape index (κ1) is 16.2. The van der Waals surface area contributed by atoms with Crippen LogP contribution in [0.2, 0.25) is 0 Å². The topological polar surface area (TPSA) is 47.6 Å². The second-order valence-electron chi connectivity index (χ2n) is 5.18. The molecule has 1 N–H and O–H groups in total. The predicted octanol–water partition coefficient (Wildman–Crippen LogP) is 3.77. The molecule has 126 valence electrons. The van der Waals surface area contributed by atoms with Crippen molar-refractivity contribution in [1.29, 1.82) is 0 Å². The van der Waals surface area contributed by atoms with Crippen molar-refractivity contribution < 1.29 is 27.4 Å². The minimum atomic E-state index is -4.48. The molecule has 0 radical (unpaired) electrons. The Labute approximate surface area is 136 Å². The number of nitrogens with one attached hydrogen (secondary N) is 1. The van der Waals surface area contributed by atoms with Crippen molar-refractivity contribution in [2.24, 2.45) is 0 Å². The Hall–Kier alpha value is -2.70. The van der Waals surface area contributed by atoms with Gasteiger partial charge in [-0.1, -0.05) is 12.1 Å². The molecular formula is C17H14F3NO3. The molecule has 0 aromatic heterocycles. The first-order valence-electron chi connectivity index (χ1n) is 7.28. The van der Waals surface area contributed by atoms with Gasteiger partial charge < -0.3 is 14.8 Å². The van der Waals surface area contributed by atoms with Gasteiger partial charge in [-0.3, -0.25) is 4.79 Å². The van der Waals surface area contributed by atoms with Crippen LogP contribution in [0.15, 0.2) is 42.5 Å². The zero-order valence-electron chi connectivity index (χ0n) is 12.5. The van der Waals surface area contributed by atoms with Crippen molar-refractivity contribution in [3.63, 3.8) is 0 Å². The third kappa shape index (κ3) is 3.45. The number of carbonyl (C=O) groups excluding carboxylic acids is 1. The van der Waals surface area contributed by atoms with E-state index in [1.807, 2.05) is 0 Å². The fourth-order valence-corrected chi connectivity index (χ4v) is 2.38. The highest BCUT2D eigenvalue weighted by Crippen LogP contribution is 2.34. The van der Waals surface area contributed by atoms with E-state index in [0.29, 0.717) is 30.3 Å². The van der Waals surface area contributed by atoms with Gasteiger partial charge in [0.25, 0.3) is 0 Å². The lowest BCUT2D eigenvalue weighted by molar-refractivity contribution is -0.136. The lowest BCUT2D eigenvalue weighted by atomic mass is 10.1. The number of alkyl halides is 3. The van der Waals surface area contributed by atoms with Crippen LogP contribution in [-0.2, 0) is 6.18 Å². The molecule has 1 aliphatic heterocycles. The first-order valence-corrected chi connectivity index (χ1v) is 7.28. The molecule has 0 saturated heterocycles. The van der Waals surface area contributed by atoms with E-state index in [4.69, 9.17) is 9.47 Å². The molecule has 0 aliphatic carbocycles. The van der Waals surface area contributed by atoms with E-state index in [1.165, 1.54) is 24.3 Å². The van der Waals surface area contributed by atoms with E-state index in [1.54, 1.807) is 12.1 Å². The summed E-state index contributed by atoms with van der Waals surface area (Å²) in [4.78, 5) is 12.2. The van der Waals surface area contributed by atoms with Crippen LogP contribution in [-0.4, -0.2) is 25.5 Å². The van der Waals surface area contributed by atoms with Gasteiger partial charge in [0.15, 0.2) is 17.3 Å². The van der Waals surface area contributed by atoms with Crippen LogP contribution in [0, 0.1) is 0 Å². The highest BCUT2D eigenvalue weighted by molar-refractivity contribution is 5.99. The van der Waals surface area contributed by atoms with Crippen molar-refractivity contribution in [2.45, 2.75) is 6.18 Å². The number of anilines is 1. The monoisotopic (exact) mass is 337 g/mol. The van der Waals surface area contributed by atoms with Crippen LogP contribution in [0.3, 0.4) is 0 Å². The SMILES string of the molecule is O=C(CNc1ccccc1C(F)(F)F)c1ccc2c(c1)OCCO2. The summed E-state index contributed by atoms with van der Waals surface area (Å²) >= 11 is 0. The van der Waals surface area contributed by atoms with Gasteiger partial charge in [0.2, 0.25) is 0 Å². The molecule has 1 heterocycles. The number of ketones is 1. The van der Waals surface area contributed by atoms with Gasteiger partial charge in [-0.25, -0.2) is 0 Å². The van der Waals surface area contributed by atoms with Crippen LogP contribution in [0.1, 0.15) is 15.9 Å². The molecule has 0 fully saturated rings. The number of benzene rings is 2. The standard InChI is InChI=1S/C17H14F3NO3/c18-17(19,20)12-3-1-2-4-13(12)21-10-14(22)11-5-6-15-16(9-11)24-8-7-23-15/h1-6,9,21H,7-8,10H2. The Bertz CT molecular complexity index is 759. The minimum Gasteiger partial charge on any atom is -0.486 e. The lowest BCUT2D eigenvalue weighted by Crippen LogP contribution is -2.19. The average Bonchev–Trinajstić information content (AvgIpc) is 2.58. The smallest absolute Gasteiger partial charge is 0.418 e. The number of rotatable bonds is 4. The van der Waals surface area contributed by atoms with Crippen molar-refractivity contribution in [3.05, 3.63) is 53.6 Å². The molecule has 4 nitrogen and oxygen atoms in total. The van der Waals surface area contributed by atoms with Gasteiger partial charge in [-0.15, -0.1) is 0 Å². The van der Waals surface area contributed by atoms with Gasteiger partial charge in [0, 0.05) is 11.3 Å². The molecule has 3 rings (SSSR count). The number of hydrogen-bond acceptors (Lipinski definition) is 4. The molecule has 1 aliphatic rings. The van der Waals surface area contributed by atoms with E-state index >= 15 is 0 Å². The quantitative estimate of drug-likeness (QED) is 0.863. The molecule has 24 heavy (non-hydrogen) atoms. The Morgan fingerprint density at radius 3 is 2.50 bits per heavy atom. The van der Waals surface area contributed by atoms with Crippen molar-refractivity contribution >= 4 is 11.5 Å². The van der Waals surface area contributed by atoms with Crippen molar-refractivity contribution in [2.75, 3.05) is 25.1 Å². The number of halogens is 3. The highest BCUT2D eigenvalue weighted by Gasteiger charge is 2.33. The van der Waals surface area contributed by atoms with E-state index in [0.717, 1.165) is 6.07 Å². The number of fused-ring (bicyclic) bond motifs is 1. The summed E-state index contributed by atoms with van der Waals surface area (Å²) in [5.41, 5.74) is -0.591. The predicted molar refractivity (Wildman–Crippen MR) is 81.7 cm³/mol. The molecule has 2 aromatic carbocycles. The maximum Gasteiger partial charge on any atom is 0.418 e. The molecule has 2 aromatic rings. The maximum absolute atomic E-state index is 12.9. The number of Topliss-reactive ketones (excluding diaryl/α,β-unsaturated/α-hetero) is 1.